The standard InChI is InChI=1S/C17H20N2O/c18-9-10-20-17-8-4-7-16(11-17)19-12-15(13-19)14-5-2-1-3-6-14/h1-8,11,15H,9-10,12-13,18H2. The van der Waals surface area contributed by atoms with E-state index in [4.69, 9.17) is 10.5 Å². The second-order valence-corrected chi connectivity index (χ2v) is 5.15. The summed E-state index contributed by atoms with van der Waals surface area (Å²) in [5.74, 6) is 1.54. The number of hydrogen-bond acceptors (Lipinski definition) is 3. The maximum atomic E-state index is 5.57. The summed E-state index contributed by atoms with van der Waals surface area (Å²) in [5, 5.41) is 0. The number of nitrogens with zero attached hydrogens (tertiary/aromatic N) is 1. The minimum atomic E-state index is 0.546. The lowest BCUT2D eigenvalue weighted by Crippen LogP contribution is -2.45. The summed E-state index contributed by atoms with van der Waals surface area (Å²) in [5.41, 5.74) is 8.12. The highest BCUT2D eigenvalue weighted by Crippen LogP contribution is 2.32. The van der Waals surface area contributed by atoms with Gasteiger partial charge in [-0.1, -0.05) is 36.4 Å². The van der Waals surface area contributed by atoms with Crippen molar-refractivity contribution in [3.63, 3.8) is 0 Å². The van der Waals surface area contributed by atoms with E-state index >= 15 is 0 Å². The van der Waals surface area contributed by atoms with Crippen molar-refractivity contribution in [2.45, 2.75) is 5.92 Å². The monoisotopic (exact) mass is 268 g/mol. The van der Waals surface area contributed by atoms with E-state index in [-0.39, 0.29) is 0 Å². The fourth-order valence-corrected chi connectivity index (χ4v) is 2.57. The first-order chi connectivity index (χ1) is 9.86. The molecule has 0 atom stereocenters. The molecule has 2 aromatic carbocycles. The summed E-state index contributed by atoms with van der Waals surface area (Å²) >= 11 is 0. The first-order valence-corrected chi connectivity index (χ1v) is 7.09. The number of rotatable bonds is 5. The summed E-state index contributed by atoms with van der Waals surface area (Å²) < 4.78 is 5.57. The Morgan fingerprint density at radius 2 is 1.85 bits per heavy atom. The number of benzene rings is 2. The van der Waals surface area contributed by atoms with Crippen molar-refractivity contribution in [2.75, 3.05) is 31.1 Å². The molecule has 2 aromatic rings. The van der Waals surface area contributed by atoms with Gasteiger partial charge in [-0.2, -0.15) is 0 Å². The number of ether oxygens (including phenoxy) is 1. The van der Waals surface area contributed by atoms with E-state index in [0.717, 1.165) is 18.8 Å². The zero-order chi connectivity index (χ0) is 13.8. The molecule has 1 aliphatic heterocycles. The van der Waals surface area contributed by atoms with E-state index in [1.807, 2.05) is 12.1 Å². The molecule has 3 rings (SSSR count). The number of hydrogen-bond donors (Lipinski definition) is 1. The van der Waals surface area contributed by atoms with E-state index in [2.05, 4.69) is 47.4 Å². The molecule has 1 fully saturated rings. The van der Waals surface area contributed by atoms with Crippen LogP contribution in [0.25, 0.3) is 0 Å². The topological polar surface area (TPSA) is 38.5 Å². The lowest BCUT2D eigenvalue weighted by atomic mass is 9.91. The first-order valence-electron chi connectivity index (χ1n) is 7.09. The van der Waals surface area contributed by atoms with Crippen LogP contribution in [0.15, 0.2) is 54.6 Å². The van der Waals surface area contributed by atoms with Crippen LogP contribution in [0.1, 0.15) is 11.5 Å². The van der Waals surface area contributed by atoms with Crippen molar-refractivity contribution in [2.24, 2.45) is 5.73 Å². The molecular formula is C17H20N2O. The molecule has 0 aliphatic carbocycles. The highest BCUT2D eigenvalue weighted by molar-refractivity contribution is 5.54. The van der Waals surface area contributed by atoms with E-state index in [1.54, 1.807) is 0 Å². The Labute approximate surface area is 120 Å². The van der Waals surface area contributed by atoms with Crippen molar-refractivity contribution in [1.82, 2.24) is 0 Å². The van der Waals surface area contributed by atoms with Crippen molar-refractivity contribution >= 4 is 5.69 Å². The van der Waals surface area contributed by atoms with Gasteiger partial charge in [-0.05, 0) is 17.7 Å². The Bertz CT molecular complexity index is 550. The largest absolute Gasteiger partial charge is 0.492 e. The first kappa shape index (κ1) is 13.0. The molecular weight excluding hydrogens is 248 g/mol. The van der Waals surface area contributed by atoms with Crippen LogP contribution in [0.5, 0.6) is 5.75 Å². The predicted molar refractivity (Wildman–Crippen MR) is 82.4 cm³/mol. The van der Waals surface area contributed by atoms with Gasteiger partial charge in [-0.3, -0.25) is 0 Å². The maximum absolute atomic E-state index is 5.57. The lowest BCUT2D eigenvalue weighted by Gasteiger charge is -2.41. The smallest absolute Gasteiger partial charge is 0.121 e. The summed E-state index contributed by atoms with van der Waals surface area (Å²) in [6.07, 6.45) is 0. The van der Waals surface area contributed by atoms with Gasteiger partial charge in [-0.15, -0.1) is 0 Å². The quantitative estimate of drug-likeness (QED) is 0.906. The van der Waals surface area contributed by atoms with Gasteiger partial charge >= 0.3 is 0 Å². The van der Waals surface area contributed by atoms with Crippen LogP contribution in [-0.2, 0) is 0 Å². The second kappa shape index (κ2) is 5.97. The molecule has 2 N–H and O–H groups in total. The Morgan fingerprint density at radius 3 is 2.60 bits per heavy atom. The molecule has 0 saturated carbocycles. The third-order valence-electron chi connectivity index (χ3n) is 3.72. The Balaban J connectivity index is 1.62. The maximum Gasteiger partial charge on any atom is 0.121 e. The van der Waals surface area contributed by atoms with E-state index in [9.17, 15) is 0 Å². The average molecular weight is 268 g/mol. The minimum absolute atomic E-state index is 0.546. The summed E-state index contributed by atoms with van der Waals surface area (Å²) in [7, 11) is 0. The van der Waals surface area contributed by atoms with Crippen molar-refractivity contribution in [1.29, 1.82) is 0 Å². The number of nitrogens with two attached hydrogens (primary N) is 1. The molecule has 1 saturated heterocycles. The normalized spacial score (nSPS) is 14.9. The van der Waals surface area contributed by atoms with Gasteiger partial charge in [0.15, 0.2) is 0 Å². The highest BCUT2D eigenvalue weighted by atomic mass is 16.5. The fourth-order valence-electron chi connectivity index (χ4n) is 2.57. The molecule has 1 heterocycles. The van der Waals surface area contributed by atoms with Crippen LogP contribution >= 0.6 is 0 Å². The molecule has 0 unspecified atom stereocenters. The molecule has 0 amide bonds. The molecule has 20 heavy (non-hydrogen) atoms. The van der Waals surface area contributed by atoms with Crippen LogP contribution in [0.4, 0.5) is 5.69 Å². The van der Waals surface area contributed by atoms with Crippen LogP contribution in [0, 0.1) is 0 Å². The zero-order valence-corrected chi connectivity index (χ0v) is 11.5. The van der Waals surface area contributed by atoms with Gasteiger partial charge in [0.05, 0.1) is 0 Å². The summed E-state index contributed by atoms with van der Waals surface area (Å²) in [6.45, 7) is 3.26. The lowest BCUT2D eigenvalue weighted by molar-refractivity contribution is 0.328. The van der Waals surface area contributed by atoms with Crippen molar-refractivity contribution < 1.29 is 4.74 Å². The molecule has 3 nitrogen and oxygen atoms in total. The van der Waals surface area contributed by atoms with Gasteiger partial charge < -0.3 is 15.4 Å². The van der Waals surface area contributed by atoms with Gasteiger partial charge in [0.2, 0.25) is 0 Å². The molecule has 104 valence electrons. The van der Waals surface area contributed by atoms with Gasteiger partial charge in [0.25, 0.3) is 0 Å². The predicted octanol–water partition coefficient (Wildman–Crippen LogP) is 2.63. The third-order valence-corrected chi connectivity index (χ3v) is 3.72. The van der Waals surface area contributed by atoms with Crippen molar-refractivity contribution in [3.8, 4) is 5.75 Å². The van der Waals surface area contributed by atoms with E-state index in [0.29, 0.717) is 19.1 Å². The van der Waals surface area contributed by atoms with Gasteiger partial charge in [0, 0.05) is 37.3 Å². The Morgan fingerprint density at radius 1 is 1.05 bits per heavy atom. The van der Waals surface area contributed by atoms with Crippen molar-refractivity contribution in [3.05, 3.63) is 60.2 Å². The Hall–Kier alpha value is -2.00. The fraction of sp³-hybridized carbons (Fsp3) is 0.294. The highest BCUT2D eigenvalue weighted by Gasteiger charge is 2.28. The van der Waals surface area contributed by atoms with E-state index < -0.39 is 0 Å². The van der Waals surface area contributed by atoms with Crippen LogP contribution in [-0.4, -0.2) is 26.2 Å². The summed E-state index contributed by atoms with van der Waals surface area (Å²) in [4.78, 5) is 2.38. The van der Waals surface area contributed by atoms with Gasteiger partial charge in [-0.25, -0.2) is 0 Å². The summed E-state index contributed by atoms with van der Waals surface area (Å²) in [6, 6.07) is 19.0. The zero-order valence-electron chi connectivity index (χ0n) is 11.5. The SMILES string of the molecule is NCCOc1cccc(N2CC(c3ccccc3)C2)c1. The molecule has 1 aliphatic rings. The average Bonchev–Trinajstić information content (AvgIpc) is 2.45. The van der Waals surface area contributed by atoms with Crippen LogP contribution in [0.2, 0.25) is 0 Å². The third kappa shape index (κ3) is 2.78. The van der Waals surface area contributed by atoms with E-state index in [1.165, 1.54) is 11.3 Å². The van der Waals surface area contributed by atoms with Crippen LogP contribution < -0.4 is 15.4 Å². The van der Waals surface area contributed by atoms with Crippen LogP contribution in [0.3, 0.4) is 0 Å². The number of anilines is 1. The molecule has 0 aromatic heterocycles. The Kier molecular flexibility index (Phi) is 3.88. The molecule has 0 radical (unpaired) electrons. The minimum Gasteiger partial charge on any atom is -0.492 e. The second-order valence-electron chi connectivity index (χ2n) is 5.15. The molecule has 3 heteroatoms. The molecule has 0 spiro atoms. The van der Waals surface area contributed by atoms with Gasteiger partial charge in [0.1, 0.15) is 12.4 Å². The molecule has 0 bridgehead atoms.